The molecule has 1 aliphatic carbocycles. The van der Waals surface area contributed by atoms with Gasteiger partial charge in [0.2, 0.25) is 5.91 Å². The van der Waals surface area contributed by atoms with E-state index in [4.69, 9.17) is 0 Å². The van der Waals surface area contributed by atoms with E-state index in [2.05, 4.69) is 20.3 Å². The van der Waals surface area contributed by atoms with Crippen LogP contribution in [0, 0.1) is 23.4 Å². The maximum atomic E-state index is 14.5. The van der Waals surface area contributed by atoms with Crippen molar-refractivity contribution in [3.05, 3.63) is 83.7 Å². The van der Waals surface area contributed by atoms with Crippen molar-refractivity contribution in [2.45, 2.75) is 25.2 Å². The Labute approximate surface area is 188 Å². The largest absolute Gasteiger partial charge is 0.355 e. The zero-order valence-corrected chi connectivity index (χ0v) is 17.6. The fourth-order valence-electron chi connectivity index (χ4n) is 4.53. The van der Waals surface area contributed by atoms with Gasteiger partial charge in [-0.2, -0.15) is 0 Å². The molecule has 2 N–H and O–H groups in total. The molecule has 8 heteroatoms. The first-order chi connectivity index (χ1) is 16.0. The van der Waals surface area contributed by atoms with Gasteiger partial charge < -0.3 is 10.3 Å². The molecule has 0 saturated heterocycles. The van der Waals surface area contributed by atoms with Gasteiger partial charge in [0.05, 0.1) is 17.6 Å². The third kappa shape index (κ3) is 4.33. The highest BCUT2D eigenvalue weighted by Gasteiger charge is 2.34. The zero-order valence-electron chi connectivity index (χ0n) is 17.6. The lowest BCUT2D eigenvalue weighted by atomic mass is 9.70. The molecule has 2 heterocycles. The summed E-state index contributed by atoms with van der Waals surface area (Å²) in [4.78, 5) is 23.4. The highest BCUT2D eigenvalue weighted by atomic mass is 19.1. The van der Waals surface area contributed by atoms with Crippen molar-refractivity contribution in [2.75, 3.05) is 6.54 Å². The number of nitrogens with zero attached hydrogens (tertiary/aromatic N) is 2. The maximum absolute atomic E-state index is 14.5. The molecule has 5 rings (SSSR count). The molecule has 2 aromatic heterocycles. The molecule has 1 amide bonds. The Balaban J connectivity index is 1.33. The average molecular weight is 450 g/mol. The number of carbonyl (C=O) groups excluding carboxylic acids is 1. The van der Waals surface area contributed by atoms with Crippen LogP contribution in [0.15, 0.2) is 54.9 Å². The third-order valence-electron chi connectivity index (χ3n) is 6.17. The first kappa shape index (κ1) is 21.2. The second-order valence-electron chi connectivity index (χ2n) is 8.41. The van der Waals surface area contributed by atoms with Crippen molar-refractivity contribution in [3.8, 4) is 11.3 Å². The van der Waals surface area contributed by atoms with Crippen LogP contribution in [0.3, 0.4) is 0 Å². The smallest absolute Gasteiger partial charge is 0.227 e. The summed E-state index contributed by atoms with van der Waals surface area (Å²) >= 11 is 0. The van der Waals surface area contributed by atoms with E-state index in [1.165, 1.54) is 18.2 Å². The van der Waals surface area contributed by atoms with Crippen molar-refractivity contribution < 1.29 is 18.0 Å². The van der Waals surface area contributed by atoms with Crippen molar-refractivity contribution in [2.24, 2.45) is 5.92 Å². The molecule has 0 aliphatic heterocycles. The predicted octanol–water partition coefficient (Wildman–Crippen LogP) is 4.89. The lowest BCUT2D eigenvalue weighted by Crippen LogP contribution is -2.36. The average Bonchev–Trinajstić information content (AvgIpc) is 3.13. The number of hydrogen-bond acceptors (Lipinski definition) is 3. The fourth-order valence-corrected chi connectivity index (χ4v) is 4.53. The van der Waals surface area contributed by atoms with Gasteiger partial charge in [0, 0.05) is 30.4 Å². The van der Waals surface area contributed by atoms with E-state index < -0.39 is 11.6 Å². The molecule has 0 atom stereocenters. The van der Waals surface area contributed by atoms with Gasteiger partial charge in [0.15, 0.2) is 0 Å². The monoisotopic (exact) mass is 450 g/mol. The van der Waals surface area contributed by atoms with E-state index in [0.717, 1.165) is 24.5 Å². The van der Waals surface area contributed by atoms with E-state index in [9.17, 15) is 18.0 Å². The van der Waals surface area contributed by atoms with Gasteiger partial charge in [-0.3, -0.25) is 4.79 Å². The van der Waals surface area contributed by atoms with E-state index >= 15 is 0 Å². The molecular weight excluding hydrogens is 429 g/mol. The van der Waals surface area contributed by atoms with Gasteiger partial charge in [-0.1, -0.05) is 0 Å². The number of amides is 1. The molecule has 168 valence electrons. The minimum absolute atomic E-state index is 0.0689. The summed E-state index contributed by atoms with van der Waals surface area (Å²) in [5.41, 5.74) is 2.45. The number of fused-ring (bicyclic) bond motifs is 1. The molecule has 4 aromatic rings. The predicted molar refractivity (Wildman–Crippen MR) is 118 cm³/mol. The van der Waals surface area contributed by atoms with Crippen LogP contribution in [0.2, 0.25) is 0 Å². The lowest BCUT2D eigenvalue weighted by molar-refractivity contribution is -0.120. The summed E-state index contributed by atoms with van der Waals surface area (Å²) < 4.78 is 42.0. The topological polar surface area (TPSA) is 70.7 Å². The highest BCUT2D eigenvalue weighted by molar-refractivity contribution is 5.92. The summed E-state index contributed by atoms with van der Waals surface area (Å²) in [6.45, 7) is 0.513. The molecule has 1 fully saturated rings. The second kappa shape index (κ2) is 8.69. The SMILES string of the molecule is O=C(Cc1ncccn1)NCC1CC(c2c(-c3ccc(F)cc3)[nH]c3c(F)cc(F)cc23)C1. The number of nitrogens with one attached hydrogen (secondary N) is 2. The van der Waals surface area contributed by atoms with Crippen molar-refractivity contribution in [3.63, 3.8) is 0 Å². The molecule has 2 aromatic carbocycles. The molecule has 0 bridgehead atoms. The van der Waals surface area contributed by atoms with Crippen LogP contribution in [0.4, 0.5) is 13.2 Å². The number of benzene rings is 2. The van der Waals surface area contributed by atoms with E-state index in [1.54, 1.807) is 30.6 Å². The van der Waals surface area contributed by atoms with Crippen LogP contribution in [0.5, 0.6) is 0 Å². The van der Waals surface area contributed by atoms with Gasteiger partial charge in [0.1, 0.15) is 23.3 Å². The third-order valence-corrected chi connectivity index (χ3v) is 6.17. The van der Waals surface area contributed by atoms with Crippen LogP contribution in [0.1, 0.15) is 30.1 Å². The standard InChI is InChI=1S/C25H21F3N4O/c26-17-4-2-15(3-5-17)24-23(19-10-18(27)11-20(28)25(19)32-24)16-8-14(9-16)13-31-22(33)12-21-29-6-1-7-30-21/h1-7,10-11,14,16,32H,8-9,12-13H2,(H,31,33). The number of halogens is 3. The lowest BCUT2D eigenvalue weighted by Gasteiger charge is -2.36. The van der Waals surface area contributed by atoms with Gasteiger partial charge in [-0.15, -0.1) is 0 Å². The van der Waals surface area contributed by atoms with Crippen LogP contribution >= 0.6 is 0 Å². The van der Waals surface area contributed by atoms with Crippen LogP contribution in [0.25, 0.3) is 22.2 Å². The number of H-pyrrole nitrogens is 1. The molecule has 33 heavy (non-hydrogen) atoms. The van der Waals surface area contributed by atoms with Gasteiger partial charge in [-0.05, 0) is 72.2 Å². The molecule has 0 spiro atoms. The minimum Gasteiger partial charge on any atom is -0.355 e. The Bertz CT molecular complexity index is 1300. The van der Waals surface area contributed by atoms with Crippen molar-refractivity contribution >= 4 is 16.8 Å². The normalized spacial score (nSPS) is 17.7. The molecule has 1 aliphatic rings. The van der Waals surface area contributed by atoms with E-state index in [-0.39, 0.29) is 35.5 Å². The number of carbonyl (C=O) groups is 1. The van der Waals surface area contributed by atoms with Gasteiger partial charge >= 0.3 is 0 Å². The Kier molecular flexibility index (Phi) is 5.58. The number of aromatic nitrogens is 3. The number of rotatable bonds is 6. The summed E-state index contributed by atoms with van der Waals surface area (Å²) in [5.74, 6) is -1.03. The molecule has 5 nitrogen and oxygen atoms in total. The Hall–Kier alpha value is -3.68. The van der Waals surface area contributed by atoms with Crippen molar-refractivity contribution in [1.82, 2.24) is 20.3 Å². The zero-order chi connectivity index (χ0) is 22.9. The quantitative estimate of drug-likeness (QED) is 0.439. The van der Waals surface area contributed by atoms with Gasteiger partial charge in [-0.25, -0.2) is 23.1 Å². The number of aromatic amines is 1. The summed E-state index contributed by atoms with van der Waals surface area (Å²) in [7, 11) is 0. The fraction of sp³-hybridized carbons (Fsp3) is 0.240. The van der Waals surface area contributed by atoms with Gasteiger partial charge in [0.25, 0.3) is 0 Å². The molecule has 0 radical (unpaired) electrons. The van der Waals surface area contributed by atoms with Crippen LogP contribution in [-0.4, -0.2) is 27.4 Å². The number of hydrogen-bond donors (Lipinski definition) is 2. The van der Waals surface area contributed by atoms with Crippen LogP contribution in [-0.2, 0) is 11.2 Å². The second-order valence-corrected chi connectivity index (χ2v) is 8.41. The minimum atomic E-state index is -0.661. The Morgan fingerprint density at radius 3 is 2.48 bits per heavy atom. The summed E-state index contributed by atoms with van der Waals surface area (Å²) in [5, 5.41) is 3.42. The van der Waals surface area contributed by atoms with Crippen LogP contribution < -0.4 is 5.32 Å². The molecular formula is C25H21F3N4O. The van der Waals surface area contributed by atoms with Crippen molar-refractivity contribution in [1.29, 1.82) is 0 Å². The summed E-state index contributed by atoms with van der Waals surface area (Å²) in [6, 6.07) is 9.82. The summed E-state index contributed by atoms with van der Waals surface area (Å²) in [6.07, 6.45) is 4.84. The Morgan fingerprint density at radius 2 is 1.76 bits per heavy atom. The first-order valence-corrected chi connectivity index (χ1v) is 10.8. The Morgan fingerprint density at radius 1 is 1.03 bits per heavy atom. The molecule has 1 saturated carbocycles. The maximum Gasteiger partial charge on any atom is 0.227 e. The molecule has 0 unspecified atom stereocenters. The van der Waals surface area contributed by atoms with E-state index in [0.29, 0.717) is 29.0 Å². The van der Waals surface area contributed by atoms with E-state index in [1.807, 2.05) is 0 Å². The highest BCUT2D eigenvalue weighted by Crippen LogP contribution is 2.48. The first-order valence-electron chi connectivity index (χ1n) is 10.8.